The summed E-state index contributed by atoms with van der Waals surface area (Å²) in [7, 11) is 0. The van der Waals surface area contributed by atoms with Crippen LogP contribution in [-0.4, -0.2) is 57.0 Å². The van der Waals surface area contributed by atoms with Gasteiger partial charge in [0.2, 0.25) is 0 Å². The third-order valence-corrected chi connectivity index (χ3v) is 4.16. The van der Waals surface area contributed by atoms with E-state index in [0.717, 1.165) is 83.4 Å². The lowest BCUT2D eigenvalue weighted by Crippen LogP contribution is -2.38. The third-order valence-electron chi connectivity index (χ3n) is 4.16. The fourth-order valence-electron chi connectivity index (χ4n) is 2.72. The zero-order chi connectivity index (χ0) is 17.6. The summed E-state index contributed by atoms with van der Waals surface area (Å²) >= 11 is 0. The molecule has 2 rings (SSSR count). The first kappa shape index (κ1) is 19.7. The number of aliphatic imine (C=N–C) groups is 1. The van der Waals surface area contributed by atoms with Crippen LogP contribution in [0.15, 0.2) is 29.4 Å². The molecule has 1 saturated heterocycles. The Hall–Kier alpha value is -1.66. The van der Waals surface area contributed by atoms with E-state index >= 15 is 0 Å². The van der Waals surface area contributed by atoms with Crippen LogP contribution in [0.5, 0.6) is 0 Å². The van der Waals surface area contributed by atoms with Crippen molar-refractivity contribution in [3.63, 3.8) is 0 Å². The Balaban J connectivity index is 1.56. The highest BCUT2D eigenvalue weighted by atomic mass is 16.5. The van der Waals surface area contributed by atoms with E-state index < -0.39 is 0 Å². The number of nitrogens with zero attached hydrogens (tertiary/aromatic N) is 2. The van der Waals surface area contributed by atoms with Gasteiger partial charge in [-0.25, -0.2) is 0 Å². The molecule has 0 amide bonds. The molecule has 2 N–H and O–H groups in total. The van der Waals surface area contributed by atoms with Gasteiger partial charge >= 0.3 is 0 Å². The molecular formula is C19H32N4O2. The topological polar surface area (TPSA) is 67.8 Å². The lowest BCUT2D eigenvalue weighted by Gasteiger charge is -2.21. The van der Waals surface area contributed by atoms with Crippen LogP contribution in [-0.2, 0) is 15.9 Å². The summed E-state index contributed by atoms with van der Waals surface area (Å²) in [4.78, 5) is 8.93. The second-order valence-corrected chi connectivity index (χ2v) is 6.24. The van der Waals surface area contributed by atoms with Crippen molar-refractivity contribution in [3.05, 3.63) is 30.1 Å². The highest BCUT2D eigenvalue weighted by molar-refractivity contribution is 5.79. The van der Waals surface area contributed by atoms with Crippen LogP contribution in [0.2, 0.25) is 0 Å². The molecule has 0 radical (unpaired) electrons. The zero-order valence-corrected chi connectivity index (χ0v) is 15.4. The first-order valence-corrected chi connectivity index (χ1v) is 9.46. The summed E-state index contributed by atoms with van der Waals surface area (Å²) in [6.07, 6.45) is 5.92. The molecule has 0 aliphatic carbocycles. The van der Waals surface area contributed by atoms with Gasteiger partial charge in [-0.2, -0.15) is 0 Å². The van der Waals surface area contributed by atoms with E-state index in [1.54, 1.807) is 0 Å². The average molecular weight is 348 g/mol. The first-order valence-electron chi connectivity index (χ1n) is 9.46. The van der Waals surface area contributed by atoms with Crippen LogP contribution in [0.25, 0.3) is 0 Å². The van der Waals surface area contributed by atoms with Gasteiger partial charge in [0.15, 0.2) is 5.96 Å². The molecule has 1 aliphatic rings. The summed E-state index contributed by atoms with van der Waals surface area (Å²) in [6.45, 7) is 7.92. The Morgan fingerprint density at radius 2 is 2.20 bits per heavy atom. The largest absolute Gasteiger partial charge is 0.381 e. The van der Waals surface area contributed by atoms with Gasteiger partial charge in [-0.05, 0) is 44.2 Å². The number of guanidine groups is 1. The molecular weight excluding hydrogens is 316 g/mol. The Kier molecular flexibility index (Phi) is 9.96. The number of ether oxygens (including phenoxy) is 2. The lowest BCUT2D eigenvalue weighted by molar-refractivity contribution is 0.0205. The van der Waals surface area contributed by atoms with Crippen LogP contribution in [0.4, 0.5) is 0 Å². The molecule has 0 aromatic carbocycles. The Morgan fingerprint density at radius 1 is 1.32 bits per heavy atom. The smallest absolute Gasteiger partial charge is 0.191 e. The molecule has 0 spiro atoms. The van der Waals surface area contributed by atoms with Gasteiger partial charge in [-0.15, -0.1) is 0 Å². The minimum atomic E-state index is 0.669. The molecule has 2 heterocycles. The summed E-state index contributed by atoms with van der Waals surface area (Å²) < 4.78 is 11.1. The summed E-state index contributed by atoms with van der Waals surface area (Å²) in [5.41, 5.74) is 1.09. The van der Waals surface area contributed by atoms with Crippen molar-refractivity contribution < 1.29 is 9.47 Å². The normalized spacial score (nSPS) is 16.0. The molecule has 25 heavy (non-hydrogen) atoms. The maximum absolute atomic E-state index is 5.78. The van der Waals surface area contributed by atoms with Gasteiger partial charge in [0, 0.05) is 64.4 Å². The van der Waals surface area contributed by atoms with Gasteiger partial charge in [0.05, 0.1) is 0 Å². The van der Waals surface area contributed by atoms with Crippen molar-refractivity contribution in [3.8, 4) is 0 Å². The van der Waals surface area contributed by atoms with E-state index in [1.807, 2.05) is 24.4 Å². The molecule has 140 valence electrons. The van der Waals surface area contributed by atoms with Gasteiger partial charge < -0.3 is 20.1 Å². The molecule has 6 heteroatoms. The number of rotatable bonds is 10. The number of hydrogen-bond donors (Lipinski definition) is 2. The van der Waals surface area contributed by atoms with E-state index in [9.17, 15) is 0 Å². The Bertz CT molecular complexity index is 476. The van der Waals surface area contributed by atoms with E-state index in [0.29, 0.717) is 5.92 Å². The SMILES string of the molecule is CCNC(=NCCCOCC1CCOCC1)NCCc1ccccn1. The van der Waals surface area contributed by atoms with Gasteiger partial charge in [-0.1, -0.05) is 6.07 Å². The lowest BCUT2D eigenvalue weighted by atomic mass is 10.0. The molecule has 0 saturated carbocycles. The second kappa shape index (κ2) is 12.7. The zero-order valence-electron chi connectivity index (χ0n) is 15.4. The highest BCUT2D eigenvalue weighted by Gasteiger charge is 2.13. The number of nitrogens with one attached hydrogen (secondary N) is 2. The predicted octanol–water partition coefficient (Wildman–Crippen LogP) is 2.01. The van der Waals surface area contributed by atoms with Crippen LogP contribution >= 0.6 is 0 Å². The quantitative estimate of drug-likeness (QED) is 0.385. The summed E-state index contributed by atoms with van der Waals surface area (Å²) in [5.74, 6) is 1.53. The first-order chi connectivity index (χ1) is 12.4. The third kappa shape index (κ3) is 8.84. The summed E-state index contributed by atoms with van der Waals surface area (Å²) in [5, 5.41) is 6.63. The van der Waals surface area contributed by atoms with Crippen molar-refractivity contribution in [1.29, 1.82) is 0 Å². The number of hydrogen-bond acceptors (Lipinski definition) is 4. The summed E-state index contributed by atoms with van der Waals surface area (Å²) in [6, 6.07) is 6.00. The Labute approximate surface area is 151 Å². The number of aromatic nitrogens is 1. The maximum Gasteiger partial charge on any atom is 0.191 e. The van der Waals surface area contributed by atoms with Crippen LogP contribution in [0, 0.1) is 5.92 Å². The van der Waals surface area contributed by atoms with Crippen molar-refractivity contribution in [2.24, 2.45) is 10.9 Å². The van der Waals surface area contributed by atoms with E-state index in [1.165, 1.54) is 0 Å². The molecule has 6 nitrogen and oxygen atoms in total. The molecule has 0 unspecified atom stereocenters. The van der Waals surface area contributed by atoms with Crippen LogP contribution in [0.1, 0.15) is 31.9 Å². The molecule has 1 aromatic rings. The van der Waals surface area contributed by atoms with E-state index in [2.05, 4.69) is 27.5 Å². The highest BCUT2D eigenvalue weighted by Crippen LogP contribution is 2.14. The van der Waals surface area contributed by atoms with E-state index in [4.69, 9.17) is 9.47 Å². The second-order valence-electron chi connectivity index (χ2n) is 6.24. The van der Waals surface area contributed by atoms with Crippen molar-refractivity contribution >= 4 is 5.96 Å². The Morgan fingerprint density at radius 3 is 2.96 bits per heavy atom. The minimum Gasteiger partial charge on any atom is -0.381 e. The fraction of sp³-hybridized carbons (Fsp3) is 0.684. The monoisotopic (exact) mass is 348 g/mol. The van der Waals surface area contributed by atoms with Crippen LogP contribution < -0.4 is 10.6 Å². The standard InChI is InChI=1S/C19H32N4O2/c1-2-20-19(23-12-7-18-6-3-4-10-21-18)22-11-5-13-25-16-17-8-14-24-15-9-17/h3-4,6,10,17H,2,5,7-9,11-16H2,1H3,(H2,20,22,23). The van der Waals surface area contributed by atoms with Crippen molar-refractivity contribution in [2.75, 3.05) is 46.1 Å². The predicted molar refractivity (Wildman–Crippen MR) is 101 cm³/mol. The molecule has 0 bridgehead atoms. The van der Waals surface area contributed by atoms with Gasteiger partial charge in [0.1, 0.15) is 0 Å². The molecule has 1 aromatic heterocycles. The van der Waals surface area contributed by atoms with Gasteiger partial charge in [-0.3, -0.25) is 9.98 Å². The fourth-order valence-corrected chi connectivity index (χ4v) is 2.72. The molecule has 1 fully saturated rings. The average Bonchev–Trinajstić information content (AvgIpc) is 2.66. The van der Waals surface area contributed by atoms with Crippen molar-refractivity contribution in [1.82, 2.24) is 15.6 Å². The minimum absolute atomic E-state index is 0.669. The molecule has 1 aliphatic heterocycles. The number of pyridine rings is 1. The van der Waals surface area contributed by atoms with Gasteiger partial charge in [0.25, 0.3) is 0 Å². The van der Waals surface area contributed by atoms with Crippen molar-refractivity contribution in [2.45, 2.75) is 32.6 Å². The van der Waals surface area contributed by atoms with Crippen LogP contribution in [0.3, 0.4) is 0 Å². The van der Waals surface area contributed by atoms with E-state index in [-0.39, 0.29) is 0 Å². The maximum atomic E-state index is 5.78. The molecule has 0 atom stereocenters.